The van der Waals surface area contributed by atoms with Crippen LogP contribution in [0.25, 0.3) is 0 Å². The quantitative estimate of drug-likeness (QED) is 0.735. The number of benzene rings is 1. The topological polar surface area (TPSA) is 105 Å². The molecule has 2 saturated heterocycles. The number of hydrogen-bond acceptors (Lipinski definition) is 5. The Labute approximate surface area is 165 Å². The summed E-state index contributed by atoms with van der Waals surface area (Å²) in [6.07, 6.45) is 4.52. The van der Waals surface area contributed by atoms with Gasteiger partial charge in [-0.05, 0) is 49.9 Å². The van der Waals surface area contributed by atoms with Gasteiger partial charge in [-0.2, -0.15) is 0 Å². The van der Waals surface area contributed by atoms with Crippen LogP contribution >= 0.6 is 0 Å². The summed E-state index contributed by atoms with van der Waals surface area (Å²) in [4.78, 5) is 26.7. The fraction of sp³-hybridized carbons (Fsp3) is 0.579. The molecule has 3 rings (SSSR count). The molecule has 2 heterocycles. The van der Waals surface area contributed by atoms with Gasteiger partial charge in [0.2, 0.25) is 15.9 Å². The van der Waals surface area contributed by atoms with Crippen molar-refractivity contribution >= 4 is 27.5 Å². The van der Waals surface area contributed by atoms with Crippen molar-refractivity contribution in [3.8, 4) is 0 Å². The first-order valence-electron chi connectivity index (χ1n) is 9.58. The van der Waals surface area contributed by atoms with Crippen molar-refractivity contribution in [3.63, 3.8) is 0 Å². The highest BCUT2D eigenvalue weighted by Crippen LogP contribution is 2.21. The second-order valence-electron chi connectivity index (χ2n) is 7.40. The Bertz CT molecular complexity index is 795. The van der Waals surface area contributed by atoms with E-state index in [2.05, 4.69) is 10.0 Å². The SMILES string of the molecule is CS(=O)(=O)Nc1ccc(C(=O)N2CCC(C(=O)NC[C@H]3CCCO3)CC2)cc1. The summed E-state index contributed by atoms with van der Waals surface area (Å²) in [7, 11) is -3.35. The molecule has 0 aromatic heterocycles. The van der Waals surface area contributed by atoms with E-state index < -0.39 is 10.0 Å². The van der Waals surface area contributed by atoms with E-state index in [1.165, 1.54) is 0 Å². The first-order chi connectivity index (χ1) is 13.3. The van der Waals surface area contributed by atoms with Gasteiger partial charge in [0.05, 0.1) is 12.4 Å². The van der Waals surface area contributed by atoms with Gasteiger partial charge in [-0.15, -0.1) is 0 Å². The van der Waals surface area contributed by atoms with Crippen molar-refractivity contribution < 1.29 is 22.7 Å². The van der Waals surface area contributed by atoms with Crippen LogP contribution in [0.5, 0.6) is 0 Å². The van der Waals surface area contributed by atoms with Crippen molar-refractivity contribution in [2.45, 2.75) is 31.8 Å². The number of hydrogen-bond donors (Lipinski definition) is 2. The van der Waals surface area contributed by atoms with Crippen LogP contribution in [0.15, 0.2) is 24.3 Å². The molecule has 0 spiro atoms. The lowest BCUT2D eigenvalue weighted by molar-refractivity contribution is -0.126. The number of sulfonamides is 1. The van der Waals surface area contributed by atoms with Crippen molar-refractivity contribution in [3.05, 3.63) is 29.8 Å². The predicted octanol–water partition coefficient (Wildman–Crippen LogP) is 1.21. The third-order valence-electron chi connectivity index (χ3n) is 5.12. The van der Waals surface area contributed by atoms with Gasteiger partial charge in [-0.25, -0.2) is 8.42 Å². The minimum Gasteiger partial charge on any atom is -0.376 e. The molecule has 2 fully saturated rings. The summed E-state index contributed by atoms with van der Waals surface area (Å²) < 4.78 is 30.4. The maximum Gasteiger partial charge on any atom is 0.253 e. The number of piperidine rings is 1. The standard InChI is InChI=1S/C19H27N3O5S/c1-28(25,26)21-16-6-4-15(5-7-16)19(24)22-10-8-14(9-11-22)18(23)20-13-17-3-2-12-27-17/h4-7,14,17,21H,2-3,8-13H2,1H3,(H,20,23)/t17-/m1/s1. The fourth-order valence-electron chi connectivity index (χ4n) is 3.59. The number of ether oxygens (including phenoxy) is 1. The highest BCUT2D eigenvalue weighted by Gasteiger charge is 2.28. The van der Waals surface area contributed by atoms with Crippen molar-refractivity contribution in [2.75, 3.05) is 37.2 Å². The maximum absolute atomic E-state index is 12.6. The molecule has 28 heavy (non-hydrogen) atoms. The Morgan fingerprint density at radius 3 is 2.39 bits per heavy atom. The molecule has 0 saturated carbocycles. The lowest BCUT2D eigenvalue weighted by atomic mass is 9.95. The largest absolute Gasteiger partial charge is 0.376 e. The smallest absolute Gasteiger partial charge is 0.253 e. The first kappa shape index (κ1) is 20.6. The number of carbonyl (C=O) groups is 2. The first-order valence-corrected chi connectivity index (χ1v) is 11.5. The van der Waals surface area contributed by atoms with Crippen LogP contribution < -0.4 is 10.0 Å². The Hall–Kier alpha value is -2.13. The highest BCUT2D eigenvalue weighted by atomic mass is 32.2. The lowest BCUT2D eigenvalue weighted by Crippen LogP contribution is -2.44. The Kier molecular flexibility index (Phi) is 6.56. The molecule has 2 aliphatic rings. The Balaban J connectivity index is 1.47. The van der Waals surface area contributed by atoms with Crippen LogP contribution in [-0.2, 0) is 19.6 Å². The molecule has 0 aliphatic carbocycles. The molecule has 0 radical (unpaired) electrons. The van der Waals surface area contributed by atoms with Crippen LogP contribution in [0.3, 0.4) is 0 Å². The number of anilines is 1. The summed E-state index contributed by atoms with van der Waals surface area (Å²) in [6.45, 7) is 2.39. The van der Waals surface area contributed by atoms with Crippen LogP contribution in [-0.4, -0.2) is 63.7 Å². The molecule has 0 bridgehead atoms. The molecule has 1 aromatic rings. The van der Waals surface area contributed by atoms with E-state index in [4.69, 9.17) is 4.74 Å². The molecule has 154 valence electrons. The molecule has 1 aromatic carbocycles. The number of carbonyl (C=O) groups excluding carboxylic acids is 2. The van der Waals surface area contributed by atoms with E-state index in [-0.39, 0.29) is 23.8 Å². The monoisotopic (exact) mass is 409 g/mol. The zero-order valence-corrected chi connectivity index (χ0v) is 16.8. The van der Waals surface area contributed by atoms with E-state index in [9.17, 15) is 18.0 Å². The van der Waals surface area contributed by atoms with Gasteiger partial charge in [-0.1, -0.05) is 0 Å². The Morgan fingerprint density at radius 1 is 1.14 bits per heavy atom. The molecule has 2 N–H and O–H groups in total. The molecule has 9 heteroatoms. The van der Waals surface area contributed by atoms with E-state index in [0.29, 0.717) is 43.7 Å². The summed E-state index contributed by atoms with van der Waals surface area (Å²) >= 11 is 0. The van der Waals surface area contributed by atoms with Crippen molar-refractivity contribution in [1.82, 2.24) is 10.2 Å². The average Bonchev–Trinajstić information content (AvgIpc) is 3.19. The predicted molar refractivity (Wildman–Crippen MR) is 106 cm³/mol. The maximum atomic E-state index is 12.6. The number of amides is 2. The second kappa shape index (κ2) is 8.91. The molecule has 8 nitrogen and oxygen atoms in total. The van der Waals surface area contributed by atoms with E-state index in [1.54, 1.807) is 29.2 Å². The number of likely N-dealkylation sites (tertiary alicyclic amines) is 1. The average molecular weight is 410 g/mol. The van der Waals surface area contributed by atoms with Crippen molar-refractivity contribution in [2.24, 2.45) is 5.92 Å². The second-order valence-corrected chi connectivity index (χ2v) is 9.15. The molecular weight excluding hydrogens is 382 g/mol. The van der Waals surface area contributed by atoms with Crippen LogP contribution in [0.2, 0.25) is 0 Å². The van der Waals surface area contributed by atoms with Gasteiger partial charge in [0.15, 0.2) is 0 Å². The number of rotatable bonds is 6. The van der Waals surface area contributed by atoms with E-state index >= 15 is 0 Å². The third kappa shape index (κ3) is 5.68. The van der Waals surface area contributed by atoms with Gasteiger partial charge in [0, 0.05) is 43.4 Å². The van der Waals surface area contributed by atoms with Crippen molar-refractivity contribution in [1.29, 1.82) is 0 Å². The van der Waals surface area contributed by atoms with E-state index in [1.807, 2.05) is 0 Å². The Morgan fingerprint density at radius 2 is 1.82 bits per heavy atom. The fourth-order valence-corrected chi connectivity index (χ4v) is 4.15. The van der Waals surface area contributed by atoms with Crippen LogP contribution in [0.1, 0.15) is 36.0 Å². The van der Waals surface area contributed by atoms with Crippen LogP contribution in [0.4, 0.5) is 5.69 Å². The van der Waals surface area contributed by atoms with Gasteiger partial charge in [-0.3, -0.25) is 14.3 Å². The zero-order valence-electron chi connectivity index (χ0n) is 16.0. The molecule has 2 aliphatic heterocycles. The summed E-state index contributed by atoms with van der Waals surface area (Å²) in [5.74, 6) is -0.144. The summed E-state index contributed by atoms with van der Waals surface area (Å²) in [5, 5.41) is 2.97. The van der Waals surface area contributed by atoms with Crippen LogP contribution in [0, 0.1) is 5.92 Å². The molecule has 0 unspecified atom stereocenters. The number of nitrogens with zero attached hydrogens (tertiary/aromatic N) is 1. The minimum absolute atomic E-state index is 0.0406. The highest BCUT2D eigenvalue weighted by molar-refractivity contribution is 7.92. The number of nitrogens with one attached hydrogen (secondary N) is 2. The van der Waals surface area contributed by atoms with Gasteiger partial charge >= 0.3 is 0 Å². The van der Waals surface area contributed by atoms with E-state index in [0.717, 1.165) is 25.7 Å². The summed E-state index contributed by atoms with van der Waals surface area (Å²) in [6, 6.07) is 6.35. The minimum atomic E-state index is -3.35. The lowest BCUT2D eigenvalue weighted by Gasteiger charge is -2.31. The normalized spacial score (nSPS) is 20.8. The molecule has 2 amide bonds. The molecular formula is C19H27N3O5S. The van der Waals surface area contributed by atoms with Gasteiger partial charge in [0.25, 0.3) is 5.91 Å². The molecule has 1 atom stereocenters. The zero-order chi connectivity index (χ0) is 20.1. The third-order valence-corrected chi connectivity index (χ3v) is 5.72. The van der Waals surface area contributed by atoms with Gasteiger partial charge in [0.1, 0.15) is 0 Å². The van der Waals surface area contributed by atoms with Gasteiger partial charge < -0.3 is 15.0 Å². The summed E-state index contributed by atoms with van der Waals surface area (Å²) in [5.41, 5.74) is 0.918.